The molecule has 0 unspecified atom stereocenters. The van der Waals surface area contributed by atoms with Crippen LogP contribution in [0.5, 0.6) is 34.5 Å². The van der Waals surface area contributed by atoms with Crippen molar-refractivity contribution in [2.24, 2.45) is 0 Å². The van der Waals surface area contributed by atoms with E-state index >= 15 is 0 Å². The molecule has 0 aliphatic rings. The van der Waals surface area contributed by atoms with Gasteiger partial charge in [0.05, 0.1) is 0 Å². The predicted molar refractivity (Wildman–Crippen MR) is 194 cm³/mol. The van der Waals surface area contributed by atoms with Crippen LogP contribution in [0.15, 0.2) is 182 Å². The van der Waals surface area contributed by atoms with Crippen LogP contribution in [0.2, 0.25) is 0 Å². The largest absolute Gasteiger partial charge is 0.457 e. The van der Waals surface area contributed by atoms with E-state index in [1.54, 1.807) is 0 Å². The molecule has 0 atom stereocenters. The van der Waals surface area contributed by atoms with E-state index in [1.165, 1.54) is 16.7 Å². The van der Waals surface area contributed by atoms with Gasteiger partial charge in [-0.2, -0.15) is 0 Å². The van der Waals surface area contributed by atoms with E-state index in [-0.39, 0.29) is 0 Å². The van der Waals surface area contributed by atoms with Crippen molar-refractivity contribution < 1.29 is 14.2 Å². The zero-order chi connectivity index (χ0) is 32.4. The maximum absolute atomic E-state index is 6.35. The molecule has 48 heavy (non-hydrogen) atoms. The smallest absolute Gasteiger partial charge is 0.130 e. The summed E-state index contributed by atoms with van der Waals surface area (Å²) >= 11 is 0. The summed E-state index contributed by atoms with van der Waals surface area (Å²) in [5, 5.41) is 0. The average Bonchev–Trinajstić information content (AvgIpc) is 3.12. The molecule has 0 aromatic heterocycles. The highest BCUT2D eigenvalue weighted by atomic mass is 16.5. The lowest BCUT2D eigenvalue weighted by atomic mass is 9.93. The van der Waals surface area contributed by atoms with Gasteiger partial charge in [-0.25, -0.2) is 0 Å². The first-order chi connectivity index (χ1) is 23.7. The van der Waals surface area contributed by atoms with Gasteiger partial charge in [-0.3, -0.25) is 0 Å². The topological polar surface area (TPSA) is 27.7 Å². The molecule has 3 nitrogen and oxygen atoms in total. The van der Waals surface area contributed by atoms with Crippen LogP contribution in [0, 0.1) is 0 Å². The molecule has 0 saturated carbocycles. The maximum atomic E-state index is 6.35. The zero-order valence-corrected chi connectivity index (χ0v) is 26.7. The molecule has 0 spiro atoms. The lowest BCUT2D eigenvalue weighted by molar-refractivity contribution is 0.477. The van der Waals surface area contributed by atoms with E-state index in [9.17, 15) is 0 Å². The average molecular weight is 625 g/mol. The standard InChI is InChI=1S/C45H36O3/c1-4-19-40(20-5-1)46-43-25-13-10-16-37(43)31-34-28-35(32-38-17-11-14-26-44(38)47-41-21-6-2-7-22-41)30-36(29-34)33-39-18-12-15-27-45(39)48-42-23-8-3-9-24-42/h1-30H,31-33H2. The Morgan fingerprint density at radius 3 is 0.812 bits per heavy atom. The number of benzene rings is 7. The quantitative estimate of drug-likeness (QED) is 0.135. The van der Waals surface area contributed by atoms with Crippen LogP contribution in [0.4, 0.5) is 0 Å². The van der Waals surface area contributed by atoms with Crippen molar-refractivity contribution in [1.82, 2.24) is 0 Å². The summed E-state index contributed by atoms with van der Waals surface area (Å²) in [7, 11) is 0. The Morgan fingerprint density at radius 2 is 0.521 bits per heavy atom. The van der Waals surface area contributed by atoms with E-state index in [0.29, 0.717) is 0 Å². The van der Waals surface area contributed by atoms with Crippen molar-refractivity contribution in [3.05, 3.63) is 215 Å². The second-order valence-electron chi connectivity index (χ2n) is 11.8. The predicted octanol–water partition coefficient (Wildman–Crippen LogP) is 11.8. The summed E-state index contributed by atoms with van der Waals surface area (Å²) < 4.78 is 19.0. The van der Waals surface area contributed by atoms with Crippen molar-refractivity contribution in [3.63, 3.8) is 0 Å². The third kappa shape index (κ3) is 8.01. The van der Waals surface area contributed by atoms with Gasteiger partial charge in [0.25, 0.3) is 0 Å². The Hall–Kier alpha value is -6.06. The molecule has 0 aliphatic carbocycles. The summed E-state index contributed by atoms with van der Waals surface area (Å²) in [5.74, 6) is 5.05. The molecule has 7 aromatic carbocycles. The van der Waals surface area contributed by atoms with Crippen LogP contribution >= 0.6 is 0 Å². The van der Waals surface area contributed by atoms with E-state index in [1.807, 2.05) is 127 Å². The number of para-hydroxylation sites is 6. The molecule has 0 amide bonds. The number of rotatable bonds is 12. The van der Waals surface area contributed by atoms with Crippen molar-refractivity contribution in [2.45, 2.75) is 19.3 Å². The summed E-state index contributed by atoms with van der Waals surface area (Å²) in [4.78, 5) is 0. The summed E-state index contributed by atoms with van der Waals surface area (Å²) in [6.45, 7) is 0. The molecule has 0 bridgehead atoms. The minimum Gasteiger partial charge on any atom is -0.457 e. The van der Waals surface area contributed by atoms with Crippen LogP contribution in [0.1, 0.15) is 33.4 Å². The van der Waals surface area contributed by atoms with Crippen LogP contribution in [-0.2, 0) is 19.3 Å². The highest BCUT2D eigenvalue weighted by Crippen LogP contribution is 2.32. The van der Waals surface area contributed by atoms with Gasteiger partial charge in [0.15, 0.2) is 0 Å². The van der Waals surface area contributed by atoms with Crippen LogP contribution in [0.3, 0.4) is 0 Å². The first-order valence-corrected chi connectivity index (χ1v) is 16.3. The summed E-state index contributed by atoms with van der Waals surface area (Å²) in [6, 6.07) is 61.7. The second-order valence-corrected chi connectivity index (χ2v) is 11.8. The molecule has 0 fully saturated rings. The zero-order valence-electron chi connectivity index (χ0n) is 26.7. The van der Waals surface area contributed by atoms with Gasteiger partial charge < -0.3 is 14.2 Å². The SMILES string of the molecule is c1ccc(Oc2ccccc2Cc2cc(Cc3ccccc3Oc3ccccc3)cc(Cc3ccccc3Oc3ccccc3)c2)cc1. The fraction of sp³-hybridized carbons (Fsp3) is 0.0667. The van der Waals surface area contributed by atoms with Crippen molar-refractivity contribution >= 4 is 0 Å². The van der Waals surface area contributed by atoms with Gasteiger partial charge in [0.1, 0.15) is 34.5 Å². The van der Waals surface area contributed by atoms with Crippen molar-refractivity contribution in [2.75, 3.05) is 0 Å². The van der Waals surface area contributed by atoms with E-state index in [4.69, 9.17) is 14.2 Å². The lowest BCUT2D eigenvalue weighted by Gasteiger charge is -2.16. The number of hydrogen-bond donors (Lipinski definition) is 0. The van der Waals surface area contributed by atoms with E-state index < -0.39 is 0 Å². The van der Waals surface area contributed by atoms with Gasteiger partial charge in [-0.15, -0.1) is 0 Å². The molecular weight excluding hydrogens is 588 g/mol. The second kappa shape index (κ2) is 15.0. The molecule has 7 rings (SSSR count). The fourth-order valence-corrected chi connectivity index (χ4v) is 5.90. The molecule has 0 aliphatic heterocycles. The maximum Gasteiger partial charge on any atom is 0.130 e. The Labute approximate surface area is 282 Å². The first-order valence-electron chi connectivity index (χ1n) is 16.3. The fourth-order valence-electron chi connectivity index (χ4n) is 5.90. The third-order valence-corrected chi connectivity index (χ3v) is 8.13. The van der Waals surface area contributed by atoms with Gasteiger partial charge in [-0.05, 0) is 88.0 Å². The van der Waals surface area contributed by atoms with Crippen LogP contribution in [0.25, 0.3) is 0 Å². The molecular formula is C45H36O3. The van der Waals surface area contributed by atoms with Gasteiger partial charge >= 0.3 is 0 Å². The minimum atomic E-state index is 0.730. The molecule has 3 heteroatoms. The molecule has 0 saturated heterocycles. The first kappa shape index (κ1) is 30.6. The Balaban J connectivity index is 1.23. The summed E-state index contributed by atoms with van der Waals surface area (Å²) in [6.07, 6.45) is 2.19. The van der Waals surface area contributed by atoms with Crippen molar-refractivity contribution in [3.8, 4) is 34.5 Å². The normalized spacial score (nSPS) is 10.8. The van der Waals surface area contributed by atoms with E-state index in [2.05, 4.69) is 54.6 Å². The van der Waals surface area contributed by atoms with Gasteiger partial charge in [0.2, 0.25) is 0 Å². The van der Waals surface area contributed by atoms with Gasteiger partial charge in [-0.1, -0.05) is 127 Å². The lowest BCUT2D eigenvalue weighted by Crippen LogP contribution is -2.00. The monoisotopic (exact) mass is 624 g/mol. The summed E-state index contributed by atoms with van der Waals surface area (Å²) in [5.41, 5.74) is 7.04. The molecule has 234 valence electrons. The van der Waals surface area contributed by atoms with Crippen molar-refractivity contribution in [1.29, 1.82) is 0 Å². The van der Waals surface area contributed by atoms with Gasteiger partial charge in [0, 0.05) is 19.3 Å². The molecule has 7 aromatic rings. The molecule has 0 N–H and O–H groups in total. The molecule has 0 heterocycles. The Morgan fingerprint density at radius 1 is 0.271 bits per heavy atom. The molecule has 0 radical (unpaired) electrons. The number of hydrogen-bond acceptors (Lipinski definition) is 3. The Kier molecular flexibility index (Phi) is 9.57. The highest BCUT2D eigenvalue weighted by Gasteiger charge is 2.13. The minimum absolute atomic E-state index is 0.730. The highest BCUT2D eigenvalue weighted by molar-refractivity contribution is 5.47. The number of ether oxygens (including phenoxy) is 3. The Bertz CT molecular complexity index is 1820. The third-order valence-electron chi connectivity index (χ3n) is 8.13. The van der Waals surface area contributed by atoms with Crippen LogP contribution in [-0.4, -0.2) is 0 Å². The van der Waals surface area contributed by atoms with Crippen LogP contribution < -0.4 is 14.2 Å². The van der Waals surface area contributed by atoms with E-state index in [0.717, 1.165) is 70.4 Å².